The first-order chi connectivity index (χ1) is 11.6. The highest BCUT2D eigenvalue weighted by atomic mass is 19.1. The first-order valence-electron chi connectivity index (χ1n) is 7.99. The van der Waals surface area contributed by atoms with Gasteiger partial charge in [-0.25, -0.2) is 4.39 Å². The summed E-state index contributed by atoms with van der Waals surface area (Å²) in [5.74, 6) is -0.536. The standard InChI is InChI=1S/C19H19FN2O2/c20-16-8-6-15(7-9-16)19(10-11-19)18(24)22-13-12-21-17(23)14-4-2-1-3-5-14/h1-9H,10-13H2,(H,21,23)(H,22,24). The predicted molar refractivity (Wildman–Crippen MR) is 89.1 cm³/mol. The van der Waals surface area contributed by atoms with Crippen LogP contribution in [-0.4, -0.2) is 24.9 Å². The molecular weight excluding hydrogens is 307 g/mol. The summed E-state index contributed by atoms with van der Waals surface area (Å²) in [6, 6.07) is 15.0. The Kier molecular flexibility index (Phi) is 4.60. The van der Waals surface area contributed by atoms with Gasteiger partial charge in [0, 0.05) is 18.7 Å². The molecule has 2 N–H and O–H groups in total. The van der Waals surface area contributed by atoms with Gasteiger partial charge in [-0.1, -0.05) is 30.3 Å². The van der Waals surface area contributed by atoms with Crippen LogP contribution in [0.25, 0.3) is 0 Å². The molecule has 0 atom stereocenters. The van der Waals surface area contributed by atoms with Crippen molar-refractivity contribution in [1.82, 2.24) is 10.6 Å². The SMILES string of the molecule is O=C(NCCNC(=O)C1(c2ccc(F)cc2)CC1)c1ccccc1. The fourth-order valence-electron chi connectivity index (χ4n) is 2.75. The first kappa shape index (κ1) is 16.2. The molecule has 1 aliphatic carbocycles. The van der Waals surface area contributed by atoms with Gasteiger partial charge in [-0.2, -0.15) is 0 Å². The monoisotopic (exact) mass is 326 g/mol. The highest BCUT2D eigenvalue weighted by molar-refractivity contribution is 5.94. The van der Waals surface area contributed by atoms with Gasteiger partial charge in [-0.05, 0) is 42.7 Å². The highest BCUT2D eigenvalue weighted by Gasteiger charge is 2.50. The predicted octanol–water partition coefficient (Wildman–Crippen LogP) is 2.40. The molecule has 0 spiro atoms. The molecule has 0 bridgehead atoms. The Labute approximate surface area is 140 Å². The molecule has 1 aliphatic rings. The second kappa shape index (κ2) is 6.83. The average molecular weight is 326 g/mol. The number of carbonyl (C=O) groups is 2. The molecule has 0 aliphatic heterocycles. The summed E-state index contributed by atoms with van der Waals surface area (Å²) in [5, 5.41) is 5.63. The highest BCUT2D eigenvalue weighted by Crippen LogP contribution is 2.48. The van der Waals surface area contributed by atoms with E-state index in [4.69, 9.17) is 0 Å². The lowest BCUT2D eigenvalue weighted by Gasteiger charge is -2.16. The maximum absolute atomic E-state index is 13.0. The Morgan fingerprint density at radius 2 is 1.54 bits per heavy atom. The van der Waals surface area contributed by atoms with Gasteiger partial charge in [0.15, 0.2) is 0 Å². The molecule has 0 radical (unpaired) electrons. The van der Waals surface area contributed by atoms with Gasteiger partial charge in [0.1, 0.15) is 5.82 Å². The van der Waals surface area contributed by atoms with Crippen molar-refractivity contribution in [1.29, 1.82) is 0 Å². The van der Waals surface area contributed by atoms with E-state index in [1.165, 1.54) is 12.1 Å². The average Bonchev–Trinajstić information content (AvgIpc) is 3.41. The number of amides is 2. The summed E-state index contributed by atoms with van der Waals surface area (Å²) >= 11 is 0. The summed E-state index contributed by atoms with van der Waals surface area (Å²) in [6.07, 6.45) is 1.53. The second-order valence-electron chi connectivity index (χ2n) is 5.97. The van der Waals surface area contributed by atoms with E-state index in [2.05, 4.69) is 10.6 Å². The normalized spacial score (nSPS) is 14.7. The minimum absolute atomic E-state index is 0.0666. The van der Waals surface area contributed by atoms with Gasteiger partial charge in [-0.3, -0.25) is 9.59 Å². The Morgan fingerprint density at radius 1 is 0.917 bits per heavy atom. The van der Waals surface area contributed by atoms with Crippen molar-refractivity contribution in [2.75, 3.05) is 13.1 Å². The van der Waals surface area contributed by atoms with Crippen LogP contribution in [0.1, 0.15) is 28.8 Å². The van der Waals surface area contributed by atoms with Crippen LogP contribution in [0, 0.1) is 5.82 Å². The van der Waals surface area contributed by atoms with Crippen molar-refractivity contribution in [3.05, 3.63) is 71.5 Å². The molecule has 2 amide bonds. The summed E-state index contributed by atoms with van der Waals surface area (Å²) in [4.78, 5) is 24.3. The smallest absolute Gasteiger partial charge is 0.251 e. The molecule has 2 aromatic rings. The van der Waals surface area contributed by atoms with E-state index in [1.807, 2.05) is 6.07 Å². The molecular formula is C19H19FN2O2. The maximum Gasteiger partial charge on any atom is 0.251 e. The van der Waals surface area contributed by atoms with Crippen LogP contribution < -0.4 is 10.6 Å². The van der Waals surface area contributed by atoms with Crippen molar-refractivity contribution < 1.29 is 14.0 Å². The Morgan fingerprint density at radius 3 is 2.17 bits per heavy atom. The number of hydrogen-bond acceptors (Lipinski definition) is 2. The van der Waals surface area contributed by atoms with Crippen LogP contribution >= 0.6 is 0 Å². The summed E-state index contributed by atoms with van der Waals surface area (Å²) in [5.41, 5.74) is 0.903. The molecule has 5 heteroatoms. The molecule has 0 heterocycles. The fraction of sp³-hybridized carbons (Fsp3) is 0.263. The van der Waals surface area contributed by atoms with Crippen molar-refractivity contribution in [2.24, 2.45) is 0 Å². The van der Waals surface area contributed by atoms with E-state index in [9.17, 15) is 14.0 Å². The Hall–Kier alpha value is -2.69. The van der Waals surface area contributed by atoms with E-state index in [-0.39, 0.29) is 17.6 Å². The molecule has 0 saturated heterocycles. The van der Waals surface area contributed by atoms with Crippen molar-refractivity contribution in [2.45, 2.75) is 18.3 Å². The zero-order chi connectivity index (χ0) is 17.0. The van der Waals surface area contributed by atoms with Crippen LogP contribution in [0.4, 0.5) is 4.39 Å². The number of halogens is 1. The van der Waals surface area contributed by atoms with Gasteiger partial charge in [0.05, 0.1) is 5.41 Å². The zero-order valence-electron chi connectivity index (χ0n) is 13.2. The van der Waals surface area contributed by atoms with Gasteiger partial charge >= 0.3 is 0 Å². The van der Waals surface area contributed by atoms with Crippen LogP contribution in [0.15, 0.2) is 54.6 Å². The van der Waals surface area contributed by atoms with Crippen LogP contribution in [-0.2, 0) is 10.2 Å². The number of hydrogen-bond donors (Lipinski definition) is 2. The van der Waals surface area contributed by atoms with E-state index in [0.29, 0.717) is 18.7 Å². The molecule has 0 aromatic heterocycles. The lowest BCUT2D eigenvalue weighted by Crippen LogP contribution is -2.39. The number of rotatable bonds is 6. The zero-order valence-corrected chi connectivity index (χ0v) is 13.2. The second-order valence-corrected chi connectivity index (χ2v) is 5.97. The number of carbonyl (C=O) groups excluding carboxylic acids is 2. The Bertz CT molecular complexity index is 725. The van der Waals surface area contributed by atoms with E-state index in [0.717, 1.165) is 18.4 Å². The van der Waals surface area contributed by atoms with E-state index >= 15 is 0 Å². The van der Waals surface area contributed by atoms with E-state index in [1.54, 1.807) is 36.4 Å². The maximum atomic E-state index is 13.0. The molecule has 1 saturated carbocycles. The molecule has 3 rings (SSSR count). The number of nitrogens with one attached hydrogen (secondary N) is 2. The summed E-state index contributed by atoms with van der Waals surface area (Å²) < 4.78 is 13.0. The Balaban J connectivity index is 1.48. The summed E-state index contributed by atoms with van der Waals surface area (Å²) in [7, 11) is 0. The minimum atomic E-state index is -0.531. The topological polar surface area (TPSA) is 58.2 Å². The van der Waals surface area contributed by atoms with Crippen molar-refractivity contribution >= 4 is 11.8 Å². The minimum Gasteiger partial charge on any atom is -0.354 e. The van der Waals surface area contributed by atoms with Crippen LogP contribution in [0.2, 0.25) is 0 Å². The van der Waals surface area contributed by atoms with Crippen molar-refractivity contribution in [3.8, 4) is 0 Å². The van der Waals surface area contributed by atoms with Gasteiger partial charge < -0.3 is 10.6 Å². The van der Waals surface area contributed by atoms with E-state index < -0.39 is 5.41 Å². The lowest BCUT2D eigenvalue weighted by molar-refractivity contribution is -0.123. The third kappa shape index (κ3) is 3.45. The van der Waals surface area contributed by atoms with Crippen LogP contribution in [0.3, 0.4) is 0 Å². The largest absolute Gasteiger partial charge is 0.354 e. The van der Waals surface area contributed by atoms with Gasteiger partial charge in [-0.15, -0.1) is 0 Å². The van der Waals surface area contributed by atoms with Gasteiger partial charge in [0.25, 0.3) is 5.91 Å². The summed E-state index contributed by atoms with van der Waals surface area (Å²) in [6.45, 7) is 0.722. The first-order valence-corrected chi connectivity index (χ1v) is 7.99. The molecule has 4 nitrogen and oxygen atoms in total. The quantitative estimate of drug-likeness (QED) is 0.801. The fourth-order valence-corrected chi connectivity index (χ4v) is 2.75. The third-order valence-corrected chi connectivity index (χ3v) is 4.31. The lowest BCUT2D eigenvalue weighted by atomic mass is 9.95. The molecule has 0 unspecified atom stereocenters. The molecule has 124 valence electrons. The molecule has 24 heavy (non-hydrogen) atoms. The molecule has 2 aromatic carbocycles. The molecule has 1 fully saturated rings. The van der Waals surface area contributed by atoms with Crippen LogP contribution in [0.5, 0.6) is 0 Å². The number of benzene rings is 2. The van der Waals surface area contributed by atoms with Crippen molar-refractivity contribution in [3.63, 3.8) is 0 Å². The third-order valence-electron chi connectivity index (χ3n) is 4.31. The van der Waals surface area contributed by atoms with Gasteiger partial charge in [0.2, 0.25) is 5.91 Å².